The number of benzene rings is 1. The van der Waals surface area contributed by atoms with Crippen LogP contribution >= 0.6 is 0 Å². The van der Waals surface area contributed by atoms with Crippen LogP contribution < -0.4 is 10.2 Å². The molecular weight excluding hydrogens is 302 g/mol. The zero-order valence-corrected chi connectivity index (χ0v) is 13.3. The Hall–Kier alpha value is -2.89. The minimum absolute atomic E-state index is 0.0422. The minimum atomic E-state index is -0.0422. The van der Waals surface area contributed by atoms with Crippen LogP contribution in [0.4, 0.5) is 5.82 Å². The summed E-state index contributed by atoms with van der Waals surface area (Å²) in [7, 11) is 0. The van der Waals surface area contributed by atoms with Crippen LogP contribution in [0.2, 0.25) is 0 Å². The van der Waals surface area contributed by atoms with Crippen LogP contribution in [0, 0.1) is 0 Å². The smallest absolute Gasteiger partial charge is 0.251 e. The molecule has 1 atom stereocenters. The van der Waals surface area contributed by atoms with Crippen molar-refractivity contribution in [1.82, 2.24) is 20.3 Å². The molecule has 0 saturated carbocycles. The molecule has 3 heterocycles. The van der Waals surface area contributed by atoms with Gasteiger partial charge in [0.2, 0.25) is 0 Å². The Balaban J connectivity index is 1.45. The van der Waals surface area contributed by atoms with Gasteiger partial charge in [0.05, 0.1) is 17.4 Å². The molecule has 1 unspecified atom stereocenters. The Labute approximate surface area is 139 Å². The number of pyridine rings is 1. The summed E-state index contributed by atoms with van der Waals surface area (Å²) in [6, 6.07) is 11.6. The standard InChI is InChI=1S/C18H19N5O/c24-18(13-6-7-15-16(10-13)21-12-20-15)22-14-4-3-9-23(11-14)17-5-1-2-8-19-17/h1-2,5-8,10,12,14H,3-4,9,11H2,(H,20,21)(H,22,24). The molecule has 0 bridgehead atoms. The quantitative estimate of drug-likeness (QED) is 0.776. The third-order valence-corrected chi connectivity index (χ3v) is 4.41. The van der Waals surface area contributed by atoms with Crippen LogP contribution in [0.3, 0.4) is 0 Å². The predicted octanol–water partition coefficient (Wildman–Crippen LogP) is 2.36. The molecule has 3 aromatic rings. The number of carbonyl (C=O) groups is 1. The van der Waals surface area contributed by atoms with Gasteiger partial charge in [-0.3, -0.25) is 4.79 Å². The molecule has 2 N–H and O–H groups in total. The Morgan fingerprint density at radius 2 is 2.21 bits per heavy atom. The number of rotatable bonds is 3. The number of H-pyrrole nitrogens is 1. The number of imidazole rings is 1. The average Bonchev–Trinajstić information content (AvgIpc) is 3.10. The van der Waals surface area contributed by atoms with Crippen molar-refractivity contribution < 1.29 is 4.79 Å². The Morgan fingerprint density at radius 1 is 1.25 bits per heavy atom. The number of aromatic nitrogens is 3. The predicted molar refractivity (Wildman–Crippen MR) is 93.0 cm³/mol. The maximum Gasteiger partial charge on any atom is 0.251 e. The molecular formula is C18H19N5O. The van der Waals surface area contributed by atoms with Crippen molar-refractivity contribution >= 4 is 22.8 Å². The van der Waals surface area contributed by atoms with Crippen LogP contribution in [0.25, 0.3) is 11.0 Å². The van der Waals surface area contributed by atoms with Crippen molar-refractivity contribution in [2.75, 3.05) is 18.0 Å². The Kier molecular flexibility index (Phi) is 3.86. The normalized spacial score (nSPS) is 17.8. The fraction of sp³-hybridized carbons (Fsp3) is 0.278. The molecule has 0 spiro atoms. The van der Waals surface area contributed by atoms with E-state index < -0.39 is 0 Å². The van der Waals surface area contributed by atoms with Crippen molar-refractivity contribution in [3.63, 3.8) is 0 Å². The first-order chi connectivity index (χ1) is 11.8. The molecule has 4 rings (SSSR count). The van der Waals surface area contributed by atoms with Crippen molar-refractivity contribution in [1.29, 1.82) is 0 Å². The molecule has 1 saturated heterocycles. The molecule has 1 fully saturated rings. The maximum absolute atomic E-state index is 12.5. The number of nitrogens with one attached hydrogen (secondary N) is 2. The van der Waals surface area contributed by atoms with Gasteiger partial charge in [-0.2, -0.15) is 0 Å². The first-order valence-corrected chi connectivity index (χ1v) is 8.19. The van der Waals surface area contributed by atoms with Gasteiger partial charge in [-0.15, -0.1) is 0 Å². The number of amides is 1. The largest absolute Gasteiger partial charge is 0.355 e. The van der Waals surface area contributed by atoms with E-state index in [4.69, 9.17) is 0 Å². The van der Waals surface area contributed by atoms with Crippen molar-refractivity contribution in [2.45, 2.75) is 18.9 Å². The SMILES string of the molecule is O=C(NC1CCCN(c2ccccn2)C1)c1ccc2nc[nH]c2c1. The molecule has 1 amide bonds. The highest BCUT2D eigenvalue weighted by Gasteiger charge is 2.22. The summed E-state index contributed by atoms with van der Waals surface area (Å²) in [5.74, 6) is 0.926. The van der Waals surface area contributed by atoms with E-state index in [2.05, 4.69) is 25.2 Å². The molecule has 6 nitrogen and oxygen atoms in total. The van der Waals surface area contributed by atoms with Crippen LogP contribution in [0.5, 0.6) is 0 Å². The van der Waals surface area contributed by atoms with Crippen LogP contribution in [-0.2, 0) is 0 Å². The summed E-state index contributed by atoms with van der Waals surface area (Å²) in [5, 5.41) is 3.15. The molecule has 122 valence electrons. The lowest BCUT2D eigenvalue weighted by molar-refractivity contribution is 0.0933. The fourth-order valence-corrected chi connectivity index (χ4v) is 3.19. The summed E-state index contributed by atoms with van der Waals surface area (Å²) in [4.78, 5) is 26.4. The van der Waals surface area contributed by atoms with Gasteiger partial charge in [0, 0.05) is 30.9 Å². The third-order valence-electron chi connectivity index (χ3n) is 4.41. The Bertz CT molecular complexity index is 845. The van der Waals surface area contributed by atoms with Gasteiger partial charge in [0.15, 0.2) is 0 Å². The zero-order chi connectivity index (χ0) is 16.4. The van der Waals surface area contributed by atoms with E-state index in [1.807, 2.05) is 36.4 Å². The number of fused-ring (bicyclic) bond motifs is 1. The second-order valence-electron chi connectivity index (χ2n) is 6.08. The summed E-state index contributed by atoms with van der Waals surface area (Å²) >= 11 is 0. The molecule has 0 aliphatic carbocycles. The number of piperidine rings is 1. The summed E-state index contributed by atoms with van der Waals surface area (Å²) in [5.41, 5.74) is 2.40. The highest BCUT2D eigenvalue weighted by atomic mass is 16.1. The number of carbonyl (C=O) groups excluding carboxylic acids is 1. The number of anilines is 1. The number of aromatic amines is 1. The molecule has 1 aliphatic heterocycles. The lowest BCUT2D eigenvalue weighted by atomic mass is 10.0. The van der Waals surface area contributed by atoms with Crippen molar-refractivity contribution in [2.24, 2.45) is 0 Å². The molecule has 2 aromatic heterocycles. The Morgan fingerprint density at radius 3 is 3.08 bits per heavy atom. The van der Waals surface area contributed by atoms with Crippen molar-refractivity contribution in [3.05, 3.63) is 54.5 Å². The van der Waals surface area contributed by atoms with Gasteiger partial charge in [-0.1, -0.05) is 6.07 Å². The van der Waals surface area contributed by atoms with Crippen LogP contribution in [0.15, 0.2) is 48.9 Å². The molecule has 0 radical (unpaired) electrons. The molecule has 1 aromatic carbocycles. The van der Waals surface area contributed by atoms with Gasteiger partial charge in [0.1, 0.15) is 5.82 Å². The topological polar surface area (TPSA) is 73.9 Å². The van der Waals surface area contributed by atoms with E-state index in [-0.39, 0.29) is 11.9 Å². The van der Waals surface area contributed by atoms with E-state index in [1.54, 1.807) is 12.5 Å². The molecule has 6 heteroatoms. The van der Waals surface area contributed by atoms with E-state index in [1.165, 1.54) is 0 Å². The van der Waals surface area contributed by atoms with Gasteiger partial charge in [-0.25, -0.2) is 9.97 Å². The van der Waals surface area contributed by atoms with E-state index in [0.717, 1.165) is 42.8 Å². The summed E-state index contributed by atoms with van der Waals surface area (Å²) in [6.07, 6.45) is 5.47. The van der Waals surface area contributed by atoms with Crippen LogP contribution in [0.1, 0.15) is 23.2 Å². The zero-order valence-electron chi connectivity index (χ0n) is 13.3. The van der Waals surface area contributed by atoms with Gasteiger partial charge in [-0.05, 0) is 43.2 Å². The lowest BCUT2D eigenvalue weighted by Crippen LogP contribution is -2.48. The van der Waals surface area contributed by atoms with Crippen molar-refractivity contribution in [3.8, 4) is 0 Å². The summed E-state index contributed by atoms with van der Waals surface area (Å²) in [6.45, 7) is 1.76. The van der Waals surface area contributed by atoms with E-state index in [9.17, 15) is 4.79 Å². The average molecular weight is 321 g/mol. The minimum Gasteiger partial charge on any atom is -0.355 e. The first kappa shape index (κ1) is 14.7. The molecule has 24 heavy (non-hydrogen) atoms. The number of hydrogen-bond donors (Lipinski definition) is 2. The monoisotopic (exact) mass is 321 g/mol. The van der Waals surface area contributed by atoms with E-state index >= 15 is 0 Å². The second-order valence-corrected chi connectivity index (χ2v) is 6.08. The van der Waals surface area contributed by atoms with Gasteiger partial charge in [0.25, 0.3) is 5.91 Å². The molecule has 1 aliphatic rings. The highest BCUT2D eigenvalue weighted by Crippen LogP contribution is 2.18. The second kappa shape index (κ2) is 6.31. The third kappa shape index (κ3) is 2.95. The highest BCUT2D eigenvalue weighted by molar-refractivity contribution is 5.97. The van der Waals surface area contributed by atoms with Gasteiger partial charge >= 0.3 is 0 Å². The first-order valence-electron chi connectivity index (χ1n) is 8.19. The summed E-state index contributed by atoms with van der Waals surface area (Å²) < 4.78 is 0. The van der Waals surface area contributed by atoms with Crippen LogP contribution in [-0.4, -0.2) is 40.0 Å². The van der Waals surface area contributed by atoms with E-state index in [0.29, 0.717) is 5.56 Å². The lowest BCUT2D eigenvalue weighted by Gasteiger charge is -2.34. The number of hydrogen-bond acceptors (Lipinski definition) is 4. The number of nitrogens with zero attached hydrogens (tertiary/aromatic N) is 3. The maximum atomic E-state index is 12.5. The fourth-order valence-electron chi connectivity index (χ4n) is 3.19. The van der Waals surface area contributed by atoms with Gasteiger partial charge < -0.3 is 15.2 Å².